The van der Waals surface area contributed by atoms with Crippen LogP contribution in [0.1, 0.15) is 53.8 Å². The molecule has 0 bridgehead atoms. The predicted molar refractivity (Wildman–Crippen MR) is 148 cm³/mol. The molecule has 2 aromatic carbocycles. The lowest BCUT2D eigenvalue weighted by atomic mass is 9.91. The number of anilines is 1. The number of carbonyl (C=O) groups excluding carboxylic acids is 5. The molecule has 1 aliphatic heterocycles. The fourth-order valence-corrected chi connectivity index (χ4v) is 5.01. The molecule has 2 heterocycles. The van der Waals surface area contributed by atoms with Crippen LogP contribution in [0.25, 0.3) is 0 Å². The maximum Gasteiger partial charge on any atom is 0.325 e. The van der Waals surface area contributed by atoms with Gasteiger partial charge in [-0.1, -0.05) is 56.3 Å². The first-order chi connectivity index (χ1) is 19.2. The molecule has 11 nitrogen and oxygen atoms in total. The number of aromatic nitrogens is 1. The van der Waals surface area contributed by atoms with Crippen molar-refractivity contribution in [1.29, 1.82) is 0 Å². The van der Waals surface area contributed by atoms with Crippen molar-refractivity contribution in [3.05, 3.63) is 76.8 Å². The molecule has 3 N–H and O–H groups in total. The third-order valence-corrected chi connectivity index (χ3v) is 7.28. The van der Waals surface area contributed by atoms with Crippen molar-refractivity contribution in [2.45, 2.75) is 38.3 Å². The largest absolute Gasteiger partial charge is 0.484 e. The van der Waals surface area contributed by atoms with Crippen LogP contribution in [0.4, 0.5) is 9.93 Å². The number of likely N-dealkylation sites (N-methyl/N-ethyl adjacent to an activating group) is 1. The van der Waals surface area contributed by atoms with Crippen molar-refractivity contribution in [3.63, 3.8) is 0 Å². The third-order valence-electron chi connectivity index (χ3n) is 6.52. The number of hydrogen-bond acceptors (Lipinski definition) is 8. The molecule has 0 unspecified atom stereocenters. The fourth-order valence-electron chi connectivity index (χ4n) is 4.29. The minimum Gasteiger partial charge on any atom is -0.484 e. The van der Waals surface area contributed by atoms with E-state index in [-0.39, 0.29) is 35.5 Å². The topological polar surface area (TPSA) is 147 Å². The van der Waals surface area contributed by atoms with Gasteiger partial charge in [0, 0.05) is 24.8 Å². The SMILES string of the molecule is CCC(=O)c1csc(NC(=O)[C@H]([C@@H](C)c2ccccc2)N2C(=O)N[C@H](c3ccc(OCC(=O)NC)cc3)C2=O)n1. The number of nitrogens with one attached hydrogen (secondary N) is 3. The van der Waals surface area contributed by atoms with Gasteiger partial charge in [-0.3, -0.25) is 19.2 Å². The molecule has 1 saturated heterocycles. The summed E-state index contributed by atoms with van der Waals surface area (Å²) in [5.74, 6) is -1.79. The van der Waals surface area contributed by atoms with Gasteiger partial charge in [-0.05, 0) is 23.3 Å². The molecule has 3 atom stereocenters. The van der Waals surface area contributed by atoms with Crippen LogP contribution in [0.3, 0.4) is 0 Å². The van der Waals surface area contributed by atoms with Gasteiger partial charge in [-0.25, -0.2) is 14.7 Å². The number of carbonyl (C=O) groups is 5. The molecular formula is C28H29N5O6S. The number of imide groups is 1. The van der Waals surface area contributed by atoms with E-state index in [2.05, 4.69) is 20.9 Å². The van der Waals surface area contributed by atoms with Crippen LogP contribution in [-0.2, 0) is 14.4 Å². The summed E-state index contributed by atoms with van der Waals surface area (Å²) in [7, 11) is 1.50. The van der Waals surface area contributed by atoms with Crippen LogP contribution in [0, 0.1) is 0 Å². The highest BCUT2D eigenvalue weighted by Crippen LogP contribution is 2.32. The molecule has 0 radical (unpaired) electrons. The van der Waals surface area contributed by atoms with Crippen LogP contribution < -0.4 is 20.7 Å². The number of amides is 5. The second kappa shape index (κ2) is 12.5. The Morgan fingerprint density at radius 2 is 1.80 bits per heavy atom. The number of nitrogens with zero attached hydrogens (tertiary/aromatic N) is 2. The first-order valence-electron chi connectivity index (χ1n) is 12.6. The average molecular weight is 564 g/mol. The standard InChI is InChI=1S/C28H29N5O6S/c1-4-21(34)20-15-40-27(30-20)32-25(36)24(16(2)17-8-6-5-7-9-17)33-26(37)23(31-28(33)38)18-10-12-19(13-11-18)39-14-22(35)29-3/h5-13,15-16,23-24H,4,14H2,1-3H3,(H,29,35)(H,31,38)(H,30,32,36)/t16-,23+,24-/m0/s1. The van der Waals surface area contributed by atoms with Crippen LogP contribution in [0.2, 0.25) is 0 Å². The summed E-state index contributed by atoms with van der Waals surface area (Å²) in [5, 5.41) is 9.58. The first kappa shape index (κ1) is 28.4. The minimum absolute atomic E-state index is 0.159. The van der Waals surface area contributed by atoms with E-state index in [4.69, 9.17) is 4.74 Å². The molecule has 4 rings (SSSR count). The zero-order valence-electron chi connectivity index (χ0n) is 22.2. The third kappa shape index (κ3) is 6.18. The molecule has 40 heavy (non-hydrogen) atoms. The molecular weight excluding hydrogens is 534 g/mol. The molecule has 0 aliphatic carbocycles. The number of urea groups is 1. The number of ketones is 1. The van der Waals surface area contributed by atoms with Gasteiger partial charge in [0.1, 0.15) is 23.5 Å². The van der Waals surface area contributed by atoms with Gasteiger partial charge in [-0.2, -0.15) is 0 Å². The molecule has 1 aromatic heterocycles. The Bertz CT molecular complexity index is 1410. The Kier molecular flexibility index (Phi) is 8.90. The molecule has 208 valence electrons. The van der Waals surface area contributed by atoms with Gasteiger partial charge in [0.25, 0.3) is 11.8 Å². The van der Waals surface area contributed by atoms with Crippen LogP contribution in [-0.4, -0.2) is 59.1 Å². The quantitative estimate of drug-likeness (QED) is 0.240. The van der Waals surface area contributed by atoms with Crippen molar-refractivity contribution >= 4 is 46.0 Å². The minimum atomic E-state index is -1.20. The van der Waals surface area contributed by atoms with E-state index in [9.17, 15) is 24.0 Å². The lowest BCUT2D eigenvalue weighted by molar-refractivity contribution is -0.134. The number of thiazole rings is 1. The number of benzene rings is 2. The molecule has 1 fully saturated rings. The van der Waals surface area contributed by atoms with Gasteiger partial charge in [-0.15, -0.1) is 11.3 Å². The van der Waals surface area contributed by atoms with Gasteiger partial charge in [0.05, 0.1) is 0 Å². The zero-order chi connectivity index (χ0) is 28.8. The fraction of sp³-hybridized carbons (Fsp3) is 0.286. The summed E-state index contributed by atoms with van der Waals surface area (Å²) in [6.45, 7) is 3.32. The smallest absolute Gasteiger partial charge is 0.325 e. The van der Waals surface area contributed by atoms with Crippen molar-refractivity contribution < 1.29 is 28.7 Å². The summed E-state index contributed by atoms with van der Waals surface area (Å²) < 4.78 is 5.40. The van der Waals surface area contributed by atoms with Crippen molar-refractivity contribution in [2.75, 3.05) is 19.0 Å². The summed E-state index contributed by atoms with van der Waals surface area (Å²) >= 11 is 1.09. The number of rotatable bonds is 11. The van der Waals surface area contributed by atoms with Gasteiger partial charge < -0.3 is 20.7 Å². The van der Waals surface area contributed by atoms with Crippen molar-refractivity contribution in [3.8, 4) is 5.75 Å². The van der Waals surface area contributed by atoms with E-state index in [0.717, 1.165) is 21.8 Å². The molecule has 0 spiro atoms. The van der Waals surface area contributed by atoms with E-state index in [0.29, 0.717) is 11.3 Å². The second-order valence-electron chi connectivity index (χ2n) is 9.07. The maximum atomic E-state index is 13.6. The van der Waals surface area contributed by atoms with E-state index in [1.807, 2.05) is 30.3 Å². The Balaban J connectivity index is 1.59. The summed E-state index contributed by atoms with van der Waals surface area (Å²) in [6.07, 6.45) is 0.274. The molecule has 5 amide bonds. The van der Waals surface area contributed by atoms with Crippen LogP contribution >= 0.6 is 11.3 Å². The number of Topliss-reactive ketones (excluding diaryl/α,β-unsaturated/α-hetero) is 1. The predicted octanol–water partition coefficient (Wildman–Crippen LogP) is 3.26. The number of ether oxygens (including phenoxy) is 1. The Hall–Kier alpha value is -4.58. The van der Waals surface area contributed by atoms with Crippen molar-refractivity contribution in [1.82, 2.24) is 20.5 Å². The average Bonchev–Trinajstić information content (AvgIpc) is 3.56. The van der Waals surface area contributed by atoms with E-state index < -0.39 is 35.8 Å². The van der Waals surface area contributed by atoms with Crippen LogP contribution in [0.15, 0.2) is 60.0 Å². The highest BCUT2D eigenvalue weighted by molar-refractivity contribution is 7.14. The van der Waals surface area contributed by atoms with Gasteiger partial charge in [0.2, 0.25) is 5.91 Å². The lowest BCUT2D eigenvalue weighted by Gasteiger charge is -2.29. The Labute approximate surface area is 234 Å². The van der Waals surface area contributed by atoms with Crippen molar-refractivity contribution in [2.24, 2.45) is 0 Å². The molecule has 1 aliphatic rings. The highest BCUT2D eigenvalue weighted by Gasteiger charge is 2.47. The molecule has 12 heteroatoms. The summed E-state index contributed by atoms with van der Waals surface area (Å²) in [4.78, 5) is 69.1. The van der Waals surface area contributed by atoms with E-state index >= 15 is 0 Å². The Morgan fingerprint density at radius 3 is 2.45 bits per heavy atom. The first-order valence-corrected chi connectivity index (χ1v) is 13.5. The zero-order valence-corrected chi connectivity index (χ0v) is 23.0. The van der Waals surface area contributed by atoms with E-state index in [1.54, 1.807) is 43.5 Å². The molecule has 0 saturated carbocycles. The van der Waals surface area contributed by atoms with Gasteiger partial charge in [0.15, 0.2) is 17.5 Å². The van der Waals surface area contributed by atoms with Crippen LogP contribution in [0.5, 0.6) is 5.75 Å². The molecule has 3 aromatic rings. The van der Waals surface area contributed by atoms with E-state index in [1.165, 1.54) is 7.05 Å². The lowest BCUT2D eigenvalue weighted by Crippen LogP contribution is -2.50. The highest BCUT2D eigenvalue weighted by atomic mass is 32.1. The maximum absolute atomic E-state index is 13.6. The summed E-state index contributed by atoms with van der Waals surface area (Å²) in [5.41, 5.74) is 1.49. The van der Waals surface area contributed by atoms with Gasteiger partial charge >= 0.3 is 6.03 Å². The Morgan fingerprint density at radius 1 is 1.10 bits per heavy atom. The number of hydrogen-bond donors (Lipinski definition) is 3. The monoisotopic (exact) mass is 563 g/mol. The normalized spacial score (nSPS) is 16.2. The second-order valence-corrected chi connectivity index (χ2v) is 9.93. The summed E-state index contributed by atoms with van der Waals surface area (Å²) in [6, 6.07) is 12.6.